The smallest absolute Gasteiger partial charge is 0.192 e. The van der Waals surface area contributed by atoms with Gasteiger partial charge in [-0.2, -0.15) is 0 Å². The lowest BCUT2D eigenvalue weighted by Gasteiger charge is -2.06. The molecule has 2 N–H and O–H groups in total. The van der Waals surface area contributed by atoms with Crippen molar-refractivity contribution in [3.8, 4) is 0 Å². The molecule has 94 valence electrons. The van der Waals surface area contributed by atoms with Crippen LogP contribution in [0, 0.1) is 13.8 Å². The quantitative estimate of drug-likeness (QED) is 0.858. The average molecular weight is 259 g/mol. The first-order valence-electron chi connectivity index (χ1n) is 5.95. The molecule has 1 heterocycles. The standard InChI is InChI=1S/C14H17N3S/c1-10-3-4-11(2)13(7-10)18-14-16-8-12(5-6-15)9-17-14/h3-4,7-9H,5-6,15H2,1-2H3. The van der Waals surface area contributed by atoms with E-state index < -0.39 is 0 Å². The highest BCUT2D eigenvalue weighted by Gasteiger charge is 2.04. The summed E-state index contributed by atoms with van der Waals surface area (Å²) in [5.74, 6) is 0. The number of nitrogens with two attached hydrogens (primary N) is 1. The van der Waals surface area contributed by atoms with E-state index in [1.165, 1.54) is 16.0 Å². The Bertz CT molecular complexity index is 523. The monoisotopic (exact) mass is 259 g/mol. The van der Waals surface area contributed by atoms with Crippen molar-refractivity contribution >= 4 is 11.8 Å². The van der Waals surface area contributed by atoms with Crippen LogP contribution in [0.4, 0.5) is 0 Å². The van der Waals surface area contributed by atoms with Crippen LogP contribution < -0.4 is 5.73 Å². The summed E-state index contributed by atoms with van der Waals surface area (Å²) >= 11 is 1.60. The third-order valence-electron chi connectivity index (χ3n) is 2.66. The van der Waals surface area contributed by atoms with Gasteiger partial charge in [0.1, 0.15) is 0 Å². The zero-order chi connectivity index (χ0) is 13.0. The van der Waals surface area contributed by atoms with Gasteiger partial charge in [0, 0.05) is 17.3 Å². The molecule has 18 heavy (non-hydrogen) atoms. The lowest BCUT2D eigenvalue weighted by Crippen LogP contribution is -2.03. The Balaban J connectivity index is 2.15. The fraction of sp³-hybridized carbons (Fsp3) is 0.286. The Hall–Kier alpha value is -1.39. The van der Waals surface area contributed by atoms with Gasteiger partial charge in [0.05, 0.1) is 0 Å². The van der Waals surface area contributed by atoms with Crippen molar-refractivity contribution < 1.29 is 0 Å². The third kappa shape index (κ3) is 3.31. The van der Waals surface area contributed by atoms with E-state index >= 15 is 0 Å². The molecule has 3 nitrogen and oxygen atoms in total. The Morgan fingerprint density at radius 2 is 1.89 bits per heavy atom. The summed E-state index contributed by atoms with van der Waals surface area (Å²) in [5.41, 5.74) is 9.09. The van der Waals surface area contributed by atoms with E-state index in [1.54, 1.807) is 11.8 Å². The maximum Gasteiger partial charge on any atom is 0.192 e. The predicted molar refractivity (Wildman–Crippen MR) is 74.8 cm³/mol. The lowest BCUT2D eigenvalue weighted by atomic mass is 10.2. The number of hydrogen-bond donors (Lipinski definition) is 1. The minimum absolute atomic E-state index is 0.632. The van der Waals surface area contributed by atoms with Crippen LogP contribution in [0.2, 0.25) is 0 Å². The van der Waals surface area contributed by atoms with Crippen molar-refractivity contribution in [1.82, 2.24) is 9.97 Å². The molecule has 1 aromatic heterocycles. The van der Waals surface area contributed by atoms with E-state index in [1.807, 2.05) is 12.4 Å². The molecular formula is C14H17N3S. The molecule has 0 bridgehead atoms. The Morgan fingerprint density at radius 1 is 1.17 bits per heavy atom. The van der Waals surface area contributed by atoms with Gasteiger partial charge >= 0.3 is 0 Å². The third-order valence-corrected chi connectivity index (χ3v) is 3.71. The molecular weight excluding hydrogens is 242 g/mol. The zero-order valence-electron chi connectivity index (χ0n) is 10.7. The molecule has 1 aromatic carbocycles. The van der Waals surface area contributed by atoms with Gasteiger partial charge in [0.2, 0.25) is 0 Å². The Kier molecular flexibility index (Phi) is 4.33. The van der Waals surface area contributed by atoms with Crippen molar-refractivity contribution in [1.29, 1.82) is 0 Å². The van der Waals surface area contributed by atoms with Crippen molar-refractivity contribution in [2.24, 2.45) is 5.73 Å². The maximum absolute atomic E-state index is 5.50. The highest BCUT2D eigenvalue weighted by atomic mass is 32.2. The number of nitrogens with zero attached hydrogens (tertiary/aromatic N) is 2. The molecule has 0 aliphatic rings. The summed E-state index contributed by atoms with van der Waals surface area (Å²) in [6.45, 7) is 4.83. The highest BCUT2D eigenvalue weighted by molar-refractivity contribution is 7.99. The normalized spacial score (nSPS) is 10.6. The van der Waals surface area contributed by atoms with E-state index in [9.17, 15) is 0 Å². The van der Waals surface area contributed by atoms with E-state index in [0.29, 0.717) is 6.54 Å². The molecule has 2 aromatic rings. The molecule has 0 atom stereocenters. The molecule has 2 rings (SSSR count). The zero-order valence-corrected chi connectivity index (χ0v) is 11.5. The number of benzene rings is 1. The lowest BCUT2D eigenvalue weighted by molar-refractivity contribution is 0.890. The molecule has 0 aliphatic carbocycles. The molecule has 0 amide bonds. The topological polar surface area (TPSA) is 51.8 Å². The van der Waals surface area contributed by atoms with Crippen LogP contribution in [-0.2, 0) is 6.42 Å². The maximum atomic E-state index is 5.50. The van der Waals surface area contributed by atoms with Crippen LogP contribution >= 0.6 is 11.8 Å². The second-order valence-electron chi connectivity index (χ2n) is 4.28. The van der Waals surface area contributed by atoms with Crippen molar-refractivity contribution in [3.63, 3.8) is 0 Å². The largest absolute Gasteiger partial charge is 0.330 e. The summed E-state index contributed by atoms with van der Waals surface area (Å²) in [6, 6.07) is 6.40. The molecule has 0 aliphatic heterocycles. The van der Waals surface area contributed by atoms with Crippen LogP contribution in [0.1, 0.15) is 16.7 Å². The fourth-order valence-corrected chi connectivity index (χ4v) is 2.49. The van der Waals surface area contributed by atoms with Crippen molar-refractivity contribution in [2.45, 2.75) is 30.3 Å². The van der Waals surface area contributed by atoms with Gasteiger partial charge < -0.3 is 5.73 Å². The number of rotatable bonds is 4. The first kappa shape index (κ1) is 13.1. The highest BCUT2D eigenvalue weighted by Crippen LogP contribution is 2.28. The molecule has 0 spiro atoms. The number of aryl methyl sites for hydroxylation is 2. The fourth-order valence-electron chi connectivity index (χ4n) is 1.61. The average Bonchev–Trinajstić information content (AvgIpc) is 2.37. The molecule has 4 heteroatoms. The molecule has 0 saturated heterocycles. The summed E-state index contributed by atoms with van der Waals surface area (Å²) < 4.78 is 0. The van der Waals surface area contributed by atoms with E-state index in [2.05, 4.69) is 42.0 Å². The van der Waals surface area contributed by atoms with Crippen molar-refractivity contribution in [3.05, 3.63) is 47.3 Å². The molecule has 0 fully saturated rings. The number of aromatic nitrogens is 2. The summed E-state index contributed by atoms with van der Waals surface area (Å²) in [7, 11) is 0. The molecule has 0 radical (unpaired) electrons. The second-order valence-corrected chi connectivity index (χ2v) is 5.29. The van der Waals surface area contributed by atoms with Crippen LogP contribution in [0.25, 0.3) is 0 Å². The van der Waals surface area contributed by atoms with Crippen LogP contribution in [0.5, 0.6) is 0 Å². The summed E-state index contributed by atoms with van der Waals surface area (Å²) in [6.07, 6.45) is 4.54. The Morgan fingerprint density at radius 3 is 2.56 bits per heavy atom. The minimum Gasteiger partial charge on any atom is -0.330 e. The van der Waals surface area contributed by atoms with Gasteiger partial charge in [-0.1, -0.05) is 12.1 Å². The molecule has 0 unspecified atom stereocenters. The van der Waals surface area contributed by atoms with Gasteiger partial charge in [-0.3, -0.25) is 0 Å². The van der Waals surface area contributed by atoms with E-state index in [-0.39, 0.29) is 0 Å². The van der Waals surface area contributed by atoms with Crippen LogP contribution in [0.3, 0.4) is 0 Å². The second kappa shape index (κ2) is 5.98. The predicted octanol–water partition coefficient (Wildman–Crippen LogP) is 2.75. The van der Waals surface area contributed by atoms with E-state index in [4.69, 9.17) is 5.73 Å². The minimum atomic E-state index is 0.632. The van der Waals surface area contributed by atoms with Gasteiger partial charge in [0.25, 0.3) is 0 Å². The molecule has 0 saturated carbocycles. The summed E-state index contributed by atoms with van der Waals surface area (Å²) in [4.78, 5) is 9.93. The summed E-state index contributed by atoms with van der Waals surface area (Å²) in [5, 5.41) is 0.782. The number of hydrogen-bond acceptors (Lipinski definition) is 4. The first-order chi connectivity index (χ1) is 8.69. The SMILES string of the molecule is Cc1ccc(C)c(Sc2ncc(CCN)cn2)c1. The first-order valence-corrected chi connectivity index (χ1v) is 6.77. The van der Waals surface area contributed by atoms with Gasteiger partial charge in [0.15, 0.2) is 5.16 Å². The Labute approximate surface area is 112 Å². The van der Waals surface area contributed by atoms with Crippen LogP contribution in [-0.4, -0.2) is 16.5 Å². The van der Waals surface area contributed by atoms with Gasteiger partial charge in [-0.15, -0.1) is 0 Å². The van der Waals surface area contributed by atoms with E-state index in [0.717, 1.165) is 17.1 Å². The van der Waals surface area contributed by atoms with Gasteiger partial charge in [-0.05, 0) is 61.3 Å². The van der Waals surface area contributed by atoms with Crippen LogP contribution in [0.15, 0.2) is 40.6 Å². The van der Waals surface area contributed by atoms with Crippen molar-refractivity contribution in [2.75, 3.05) is 6.54 Å². The van der Waals surface area contributed by atoms with Gasteiger partial charge in [-0.25, -0.2) is 9.97 Å².